The molecule has 0 amide bonds. The van der Waals surface area contributed by atoms with Gasteiger partial charge in [-0.3, -0.25) is 0 Å². The van der Waals surface area contributed by atoms with E-state index in [1.165, 1.54) is 31.9 Å². The molecule has 5 nitrogen and oxygen atoms in total. The third-order valence-electron chi connectivity index (χ3n) is 3.86. The molecule has 0 unspecified atom stereocenters. The molecule has 0 aromatic carbocycles. The minimum absolute atomic E-state index is 0.231. The van der Waals surface area contributed by atoms with Crippen LogP contribution in [0.4, 0.5) is 6.01 Å². The lowest BCUT2D eigenvalue weighted by atomic mass is 9.83. The highest BCUT2D eigenvalue weighted by Crippen LogP contribution is 2.29. The average molecular weight is 280 g/mol. The molecule has 20 heavy (non-hydrogen) atoms. The van der Waals surface area contributed by atoms with Gasteiger partial charge >= 0.3 is 5.97 Å². The van der Waals surface area contributed by atoms with E-state index >= 15 is 0 Å². The van der Waals surface area contributed by atoms with E-state index in [1.54, 1.807) is 6.92 Å². The van der Waals surface area contributed by atoms with Gasteiger partial charge in [-0.1, -0.05) is 19.8 Å². The van der Waals surface area contributed by atoms with E-state index in [4.69, 9.17) is 9.15 Å². The Balaban J connectivity index is 1.81. The van der Waals surface area contributed by atoms with Crippen molar-refractivity contribution in [1.29, 1.82) is 0 Å². The summed E-state index contributed by atoms with van der Waals surface area (Å²) in [5.41, 5.74) is 0.231. The number of hydrogen-bond donors (Lipinski definition) is 1. The van der Waals surface area contributed by atoms with Crippen LogP contribution < -0.4 is 5.32 Å². The predicted molar refractivity (Wildman–Crippen MR) is 76.7 cm³/mol. The number of esters is 1. The zero-order valence-corrected chi connectivity index (χ0v) is 12.4. The third kappa shape index (κ3) is 3.99. The molecule has 0 bridgehead atoms. The van der Waals surface area contributed by atoms with E-state index in [-0.39, 0.29) is 5.69 Å². The first-order valence-corrected chi connectivity index (χ1v) is 7.62. The van der Waals surface area contributed by atoms with Crippen molar-refractivity contribution in [1.82, 2.24) is 4.98 Å². The number of ether oxygens (including phenoxy) is 1. The normalized spacial score (nSPS) is 22.5. The van der Waals surface area contributed by atoms with Crippen molar-refractivity contribution in [2.75, 3.05) is 11.9 Å². The van der Waals surface area contributed by atoms with Crippen molar-refractivity contribution in [3.63, 3.8) is 0 Å². The van der Waals surface area contributed by atoms with Crippen LogP contribution in [0.2, 0.25) is 0 Å². The minimum Gasteiger partial charge on any atom is -0.461 e. The van der Waals surface area contributed by atoms with Gasteiger partial charge in [-0.2, -0.15) is 4.98 Å². The van der Waals surface area contributed by atoms with Gasteiger partial charge in [0, 0.05) is 6.04 Å². The van der Waals surface area contributed by atoms with Gasteiger partial charge in [-0.15, -0.1) is 0 Å². The molecule has 2 rings (SSSR count). The van der Waals surface area contributed by atoms with Gasteiger partial charge in [0.15, 0.2) is 5.69 Å². The summed E-state index contributed by atoms with van der Waals surface area (Å²) in [7, 11) is 0. The lowest BCUT2D eigenvalue weighted by Gasteiger charge is -2.28. The molecule has 1 aromatic heterocycles. The summed E-state index contributed by atoms with van der Waals surface area (Å²) < 4.78 is 10.2. The number of nitrogens with zero attached hydrogens (tertiary/aromatic N) is 1. The fourth-order valence-electron chi connectivity index (χ4n) is 2.82. The lowest BCUT2D eigenvalue weighted by Crippen LogP contribution is -2.26. The van der Waals surface area contributed by atoms with Crippen LogP contribution in [0, 0.1) is 5.92 Å². The van der Waals surface area contributed by atoms with E-state index in [2.05, 4.69) is 17.2 Å². The molecule has 1 aliphatic rings. The highest BCUT2D eigenvalue weighted by atomic mass is 16.5. The van der Waals surface area contributed by atoms with Gasteiger partial charge < -0.3 is 14.5 Å². The molecular formula is C15H24N2O3. The second kappa shape index (κ2) is 7.31. The monoisotopic (exact) mass is 280 g/mol. The summed E-state index contributed by atoms with van der Waals surface area (Å²) in [6.07, 6.45) is 8.75. The average Bonchev–Trinajstić information content (AvgIpc) is 2.90. The van der Waals surface area contributed by atoms with Crippen LogP contribution in [0.25, 0.3) is 0 Å². The van der Waals surface area contributed by atoms with Crippen molar-refractivity contribution in [3.05, 3.63) is 12.0 Å². The molecular weight excluding hydrogens is 256 g/mol. The Morgan fingerprint density at radius 1 is 1.40 bits per heavy atom. The molecule has 112 valence electrons. The summed E-state index contributed by atoms with van der Waals surface area (Å²) in [6, 6.07) is 0.823. The molecule has 0 saturated heterocycles. The number of anilines is 1. The van der Waals surface area contributed by atoms with Crippen LogP contribution in [-0.2, 0) is 4.74 Å². The van der Waals surface area contributed by atoms with Crippen LogP contribution in [0.15, 0.2) is 10.7 Å². The maximum absolute atomic E-state index is 11.5. The molecule has 1 heterocycles. The summed E-state index contributed by atoms with van der Waals surface area (Å²) >= 11 is 0. The highest BCUT2D eigenvalue weighted by molar-refractivity contribution is 5.87. The second-order valence-corrected chi connectivity index (χ2v) is 5.41. The summed E-state index contributed by atoms with van der Waals surface area (Å²) in [6.45, 7) is 4.36. The molecule has 0 aliphatic heterocycles. The van der Waals surface area contributed by atoms with E-state index < -0.39 is 5.97 Å². The number of rotatable bonds is 6. The molecule has 0 atom stereocenters. The predicted octanol–water partition coefficient (Wildman–Crippen LogP) is 3.62. The summed E-state index contributed by atoms with van der Waals surface area (Å²) in [5.74, 6) is 0.439. The number of hydrogen-bond acceptors (Lipinski definition) is 5. The van der Waals surface area contributed by atoms with Gasteiger partial charge in [0.1, 0.15) is 6.26 Å². The van der Waals surface area contributed by atoms with Crippen molar-refractivity contribution in [3.8, 4) is 0 Å². The fraction of sp³-hybridized carbons (Fsp3) is 0.733. The highest BCUT2D eigenvalue weighted by Gasteiger charge is 2.22. The smallest absolute Gasteiger partial charge is 0.360 e. The Hall–Kier alpha value is -1.52. The Morgan fingerprint density at radius 2 is 2.15 bits per heavy atom. The maximum Gasteiger partial charge on any atom is 0.360 e. The standard InChI is InChI=1S/C15H24N2O3/c1-3-5-11-6-8-12(9-7-11)16-15-17-13(10-20-15)14(18)19-4-2/h10-12H,3-9H2,1-2H3,(H,16,17). The lowest BCUT2D eigenvalue weighted by molar-refractivity contribution is 0.0519. The van der Waals surface area contributed by atoms with Crippen LogP contribution in [-0.4, -0.2) is 23.6 Å². The number of oxazole rings is 1. The first-order chi connectivity index (χ1) is 9.72. The number of nitrogens with one attached hydrogen (secondary N) is 1. The SMILES string of the molecule is CCCC1CCC(Nc2nc(C(=O)OCC)co2)CC1. The van der Waals surface area contributed by atoms with Crippen LogP contribution in [0.5, 0.6) is 0 Å². The van der Waals surface area contributed by atoms with Crippen molar-refractivity contribution >= 4 is 12.0 Å². The first kappa shape index (κ1) is 14.9. The Bertz CT molecular complexity index is 423. The molecule has 1 aliphatic carbocycles. The van der Waals surface area contributed by atoms with Crippen molar-refractivity contribution < 1.29 is 13.9 Å². The molecule has 1 N–H and O–H groups in total. The van der Waals surface area contributed by atoms with Gasteiger partial charge in [-0.25, -0.2) is 4.79 Å². The molecule has 1 fully saturated rings. The minimum atomic E-state index is -0.434. The maximum atomic E-state index is 11.5. The number of carbonyl (C=O) groups excluding carboxylic acids is 1. The van der Waals surface area contributed by atoms with E-state index in [0.717, 1.165) is 18.8 Å². The van der Waals surface area contributed by atoms with Gasteiger partial charge in [0.05, 0.1) is 6.61 Å². The zero-order chi connectivity index (χ0) is 14.4. The van der Waals surface area contributed by atoms with E-state index in [1.807, 2.05) is 0 Å². The second-order valence-electron chi connectivity index (χ2n) is 5.41. The molecule has 1 saturated carbocycles. The molecule has 1 aromatic rings. The topological polar surface area (TPSA) is 64.4 Å². The van der Waals surface area contributed by atoms with Gasteiger partial charge in [0.25, 0.3) is 6.01 Å². The largest absolute Gasteiger partial charge is 0.461 e. The Kier molecular flexibility index (Phi) is 5.44. The van der Waals surface area contributed by atoms with Gasteiger partial charge in [-0.05, 0) is 38.5 Å². The van der Waals surface area contributed by atoms with E-state index in [0.29, 0.717) is 18.7 Å². The Labute approximate surface area is 120 Å². The van der Waals surface area contributed by atoms with Crippen LogP contribution in [0.1, 0.15) is 62.9 Å². The van der Waals surface area contributed by atoms with E-state index in [9.17, 15) is 4.79 Å². The summed E-state index contributed by atoms with van der Waals surface area (Å²) in [4.78, 5) is 15.6. The molecule has 0 radical (unpaired) electrons. The number of aromatic nitrogens is 1. The summed E-state index contributed by atoms with van der Waals surface area (Å²) in [5, 5.41) is 3.28. The Morgan fingerprint density at radius 3 is 2.80 bits per heavy atom. The fourth-order valence-corrected chi connectivity index (χ4v) is 2.82. The number of carbonyl (C=O) groups is 1. The van der Waals surface area contributed by atoms with Crippen molar-refractivity contribution in [2.24, 2.45) is 5.92 Å². The van der Waals surface area contributed by atoms with Crippen LogP contribution in [0.3, 0.4) is 0 Å². The first-order valence-electron chi connectivity index (χ1n) is 7.62. The van der Waals surface area contributed by atoms with Gasteiger partial charge in [0.2, 0.25) is 0 Å². The quantitative estimate of drug-likeness (QED) is 0.806. The third-order valence-corrected chi connectivity index (χ3v) is 3.86. The molecule has 0 spiro atoms. The van der Waals surface area contributed by atoms with Crippen LogP contribution >= 0.6 is 0 Å². The van der Waals surface area contributed by atoms with Crippen molar-refractivity contribution in [2.45, 2.75) is 58.4 Å². The zero-order valence-electron chi connectivity index (χ0n) is 12.4. The molecule has 5 heteroatoms.